The summed E-state index contributed by atoms with van der Waals surface area (Å²) in [5, 5.41) is 10.9. The number of anilines is 1. The van der Waals surface area contributed by atoms with Gasteiger partial charge in [-0.2, -0.15) is 0 Å². The van der Waals surface area contributed by atoms with Gasteiger partial charge in [0.2, 0.25) is 5.91 Å². The van der Waals surface area contributed by atoms with Gasteiger partial charge in [0, 0.05) is 12.7 Å². The maximum absolute atomic E-state index is 13.3. The SMILES string of the molecule is Cc1ccc(NC(=O)CSc2nncn2C)cc1F. The van der Waals surface area contributed by atoms with Crippen LogP contribution in [0.15, 0.2) is 29.7 Å². The molecule has 0 saturated heterocycles. The van der Waals surface area contributed by atoms with Gasteiger partial charge in [0.15, 0.2) is 5.16 Å². The van der Waals surface area contributed by atoms with Gasteiger partial charge in [0.25, 0.3) is 0 Å². The van der Waals surface area contributed by atoms with E-state index in [9.17, 15) is 9.18 Å². The van der Waals surface area contributed by atoms with Crippen molar-refractivity contribution in [3.05, 3.63) is 35.9 Å². The second-order valence-electron chi connectivity index (χ2n) is 4.03. The third-order valence-corrected chi connectivity index (χ3v) is 3.49. The molecule has 5 nitrogen and oxygen atoms in total. The summed E-state index contributed by atoms with van der Waals surface area (Å²) in [6.45, 7) is 1.67. The van der Waals surface area contributed by atoms with E-state index < -0.39 is 0 Å². The zero-order valence-electron chi connectivity index (χ0n) is 10.6. The van der Waals surface area contributed by atoms with Crippen molar-refractivity contribution in [1.29, 1.82) is 0 Å². The number of benzene rings is 1. The van der Waals surface area contributed by atoms with E-state index in [1.807, 2.05) is 0 Å². The molecule has 0 bridgehead atoms. The number of rotatable bonds is 4. The first-order valence-corrected chi connectivity index (χ1v) is 6.57. The Morgan fingerprint density at radius 3 is 2.95 bits per heavy atom. The Hall–Kier alpha value is -1.89. The molecule has 0 unspecified atom stereocenters. The van der Waals surface area contributed by atoms with Gasteiger partial charge in [-0.3, -0.25) is 4.79 Å². The van der Waals surface area contributed by atoms with Crippen LogP contribution < -0.4 is 5.32 Å². The number of aromatic nitrogens is 3. The molecule has 1 aromatic carbocycles. The number of nitrogens with zero attached hydrogens (tertiary/aromatic N) is 3. The lowest BCUT2D eigenvalue weighted by atomic mass is 10.2. The molecule has 1 N–H and O–H groups in total. The number of thioether (sulfide) groups is 1. The van der Waals surface area contributed by atoms with E-state index in [1.54, 1.807) is 37.0 Å². The fourth-order valence-electron chi connectivity index (χ4n) is 1.40. The highest BCUT2D eigenvalue weighted by Gasteiger charge is 2.08. The molecule has 1 heterocycles. The minimum atomic E-state index is -0.334. The highest BCUT2D eigenvalue weighted by atomic mass is 32.2. The highest BCUT2D eigenvalue weighted by molar-refractivity contribution is 7.99. The van der Waals surface area contributed by atoms with Crippen LogP contribution in [0.5, 0.6) is 0 Å². The summed E-state index contributed by atoms with van der Waals surface area (Å²) in [7, 11) is 1.80. The van der Waals surface area contributed by atoms with Gasteiger partial charge in [-0.1, -0.05) is 17.8 Å². The quantitative estimate of drug-likeness (QED) is 0.870. The molecule has 19 heavy (non-hydrogen) atoms. The first-order valence-electron chi connectivity index (χ1n) is 5.59. The first-order chi connectivity index (χ1) is 9.06. The minimum Gasteiger partial charge on any atom is -0.325 e. The Balaban J connectivity index is 1.91. The van der Waals surface area contributed by atoms with E-state index in [-0.39, 0.29) is 17.5 Å². The monoisotopic (exact) mass is 280 g/mol. The molecular weight excluding hydrogens is 267 g/mol. The minimum absolute atomic E-state index is 0.196. The number of carbonyl (C=O) groups excluding carboxylic acids is 1. The summed E-state index contributed by atoms with van der Waals surface area (Å²) in [5.74, 6) is -0.350. The van der Waals surface area contributed by atoms with Gasteiger partial charge in [0.1, 0.15) is 12.1 Å². The van der Waals surface area contributed by atoms with Crippen molar-refractivity contribution < 1.29 is 9.18 Å². The number of nitrogens with one attached hydrogen (secondary N) is 1. The molecule has 7 heteroatoms. The fraction of sp³-hybridized carbons (Fsp3) is 0.250. The van der Waals surface area contributed by atoms with Gasteiger partial charge in [-0.15, -0.1) is 10.2 Å². The van der Waals surface area contributed by atoms with E-state index in [1.165, 1.54) is 17.8 Å². The number of aryl methyl sites for hydroxylation is 2. The summed E-state index contributed by atoms with van der Waals surface area (Å²) in [5.41, 5.74) is 0.998. The Morgan fingerprint density at radius 1 is 1.53 bits per heavy atom. The molecule has 0 radical (unpaired) electrons. The van der Waals surface area contributed by atoms with Crippen molar-refractivity contribution in [2.24, 2.45) is 7.05 Å². The summed E-state index contributed by atoms with van der Waals surface area (Å²) in [6.07, 6.45) is 1.57. The average molecular weight is 280 g/mol. The average Bonchev–Trinajstić information content (AvgIpc) is 2.77. The predicted molar refractivity (Wildman–Crippen MR) is 71.5 cm³/mol. The number of carbonyl (C=O) groups is 1. The summed E-state index contributed by atoms with van der Waals surface area (Å²) in [6, 6.07) is 4.60. The zero-order chi connectivity index (χ0) is 13.8. The molecule has 0 aliphatic rings. The Labute approximate surface area is 114 Å². The zero-order valence-corrected chi connectivity index (χ0v) is 11.4. The van der Waals surface area contributed by atoms with Gasteiger partial charge in [-0.05, 0) is 24.6 Å². The van der Waals surface area contributed by atoms with Crippen LogP contribution in [0.1, 0.15) is 5.56 Å². The lowest BCUT2D eigenvalue weighted by Gasteiger charge is -2.06. The second-order valence-corrected chi connectivity index (χ2v) is 4.97. The van der Waals surface area contributed by atoms with Gasteiger partial charge >= 0.3 is 0 Å². The fourth-order valence-corrected chi connectivity index (χ4v) is 2.09. The number of amides is 1. The van der Waals surface area contributed by atoms with Crippen LogP contribution >= 0.6 is 11.8 Å². The molecule has 0 aliphatic carbocycles. The molecule has 0 atom stereocenters. The molecule has 100 valence electrons. The molecule has 1 amide bonds. The normalized spacial score (nSPS) is 10.5. The number of halogens is 1. The number of hydrogen-bond acceptors (Lipinski definition) is 4. The van der Waals surface area contributed by atoms with E-state index in [0.717, 1.165) is 0 Å². The largest absolute Gasteiger partial charge is 0.325 e. The van der Waals surface area contributed by atoms with E-state index >= 15 is 0 Å². The number of hydrogen-bond donors (Lipinski definition) is 1. The van der Waals surface area contributed by atoms with E-state index in [2.05, 4.69) is 15.5 Å². The topological polar surface area (TPSA) is 59.8 Å². The second kappa shape index (κ2) is 5.83. The Morgan fingerprint density at radius 2 is 2.32 bits per heavy atom. The summed E-state index contributed by atoms with van der Waals surface area (Å²) >= 11 is 1.27. The molecule has 0 aliphatic heterocycles. The predicted octanol–water partition coefficient (Wildman–Crippen LogP) is 1.99. The molecule has 0 saturated carbocycles. The maximum Gasteiger partial charge on any atom is 0.234 e. The van der Waals surface area contributed by atoms with Crippen LogP contribution in [0.3, 0.4) is 0 Å². The lowest BCUT2D eigenvalue weighted by Crippen LogP contribution is -2.14. The molecule has 2 rings (SSSR count). The van der Waals surface area contributed by atoms with Crippen molar-refractivity contribution in [2.45, 2.75) is 12.1 Å². The molecule has 1 aromatic heterocycles. The molecule has 0 fully saturated rings. The smallest absolute Gasteiger partial charge is 0.234 e. The maximum atomic E-state index is 13.3. The van der Waals surface area contributed by atoms with E-state index in [0.29, 0.717) is 16.4 Å². The van der Waals surface area contributed by atoms with Crippen LogP contribution in [0.25, 0.3) is 0 Å². The third kappa shape index (κ3) is 3.54. The van der Waals surface area contributed by atoms with Gasteiger partial charge in [-0.25, -0.2) is 4.39 Å². The van der Waals surface area contributed by atoms with Crippen molar-refractivity contribution >= 4 is 23.4 Å². The van der Waals surface area contributed by atoms with Crippen LogP contribution in [0.4, 0.5) is 10.1 Å². The van der Waals surface area contributed by atoms with Crippen LogP contribution in [-0.4, -0.2) is 26.4 Å². The molecular formula is C12H13FN4OS. The van der Waals surface area contributed by atoms with Crippen molar-refractivity contribution in [1.82, 2.24) is 14.8 Å². The summed E-state index contributed by atoms with van der Waals surface area (Å²) < 4.78 is 15.0. The molecule has 2 aromatic rings. The molecule has 0 spiro atoms. The van der Waals surface area contributed by atoms with Crippen molar-refractivity contribution in [2.75, 3.05) is 11.1 Å². The van der Waals surface area contributed by atoms with Crippen LogP contribution in [0, 0.1) is 12.7 Å². The van der Waals surface area contributed by atoms with E-state index in [4.69, 9.17) is 0 Å². The summed E-state index contributed by atoms with van der Waals surface area (Å²) in [4.78, 5) is 11.7. The Kier molecular flexibility index (Phi) is 4.16. The highest BCUT2D eigenvalue weighted by Crippen LogP contribution is 2.16. The standard InChI is InChI=1S/C12H13FN4OS/c1-8-3-4-9(5-10(8)13)15-11(18)6-19-12-16-14-7-17(12)2/h3-5,7H,6H2,1-2H3,(H,15,18). The third-order valence-electron chi connectivity index (χ3n) is 2.46. The van der Waals surface area contributed by atoms with Crippen molar-refractivity contribution in [3.63, 3.8) is 0 Å². The van der Waals surface area contributed by atoms with Crippen molar-refractivity contribution in [3.8, 4) is 0 Å². The van der Waals surface area contributed by atoms with Crippen LogP contribution in [-0.2, 0) is 11.8 Å². The van der Waals surface area contributed by atoms with Crippen LogP contribution in [0.2, 0.25) is 0 Å². The first kappa shape index (κ1) is 13.5. The van der Waals surface area contributed by atoms with Gasteiger partial charge in [0.05, 0.1) is 5.75 Å². The Bertz CT molecular complexity index is 599. The lowest BCUT2D eigenvalue weighted by molar-refractivity contribution is -0.113. The van der Waals surface area contributed by atoms with Gasteiger partial charge < -0.3 is 9.88 Å².